The number of piperidine rings is 1. The fourth-order valence-corrected chi connectivity index (χ4v) is 3.77. The summed E-state index contributed by atoms with van der Waals surface area (Å²) in [5.41, 5.74) is 1.99. The summed E-state index contributed by atoms with van der Waals surface area (Å²) in [5, 5.41) is 3.21. The monoisotopic (exact) mass is 333 g/mol. The van der Waals surface area contributed by atoms with Crippen molar-refractivity contribution in [2.45, 2.75) is 30.7 Å². The summed E-state index contributed by atoms with van der Waals surface area (Å²) < 4.78 is 27.6. The van der Waals surface area contributed by atoms with Crippen LogP contribution in [-0.2, 0) is 10.0 Å². The Morgan fingerprint density at radius 1 is 1.33 bits per heavy atom. The molecule has 1 aliphatic rings. The molecule has 2 rings (SSSR count). The molecule has 21 heavy (non-hydrogen) atoms. The van der Waals surface area contributed by atoms with Gasteiger partial charge in [0, 0.05) is 32.4 Å². The lowest BCUT2D eigenvalue weighted by Crippen LogP contribution is -2.45. The summed E-state index contributed by atoms with van der Waals surface area (Å²) in [6.07, 6.45) is 1.89. The Kier molecular flexibility index (Phi) is 6.46. The van der Waals surface area contributed by atoms with Gasteiger partial charge in [0.2, 0.25) is 10.0 Å². The van der Waals surface area contributed by atoms with Crippen molar-refractivity contribution in [2.75, 3.05) is 32.1 Å². The summed E-state index contributed by atoms with van der Waals surface area (Å²) in [6, 6.07) is 5.23. The van der Waals surface area contributed by atoms with Crippen molar-refractivity contribution in [3.8, 4) is 0 Å². The molecule has 1 aliphatic heterocycles. The molecular formula is C14H24ClN3O2S. The molecule has 0 radical (unpaired) electrons. The Labute approximate surface area is 133 Å². The molecular weight excluding hydrogens is 310 g/mol. The minimum atomic E-state index is -3.45. The van der Waals surface area contributed by atoms with Crippen LogP contribution in [-0.4, -0.2) is 41.6 Å². The largest absolute Gasteiger partial charge is 0.377 e. The van der Waals surface area contributed by atoms with Crippen LogP contribution >= 0.6 is 12.4 Å². The summed E-state index contributed by atoms with van der Waals surface area (Å²) in [5.74, 6) is 0. The summed E-state index contributed by atoms with van der Waals surface area (Å²) in [6.45, 7) is 3.64. The maximum atomic E-state index is 12.4. The van der Waals surface area contributed by atoms with E-state index in [-0.39, 0.29) is 18.4 Å². The molecule has 120 valence electrons. The second-order valence-electron chi connectivity index (χ2n) is 5.51. The highest BCUT2D eigenvalue weighted by Crippen LogP contribution is 2.22. The van der Waals surface area contributed by atoms with E-state index in [4.69, 9.17) is 0 Å². The van der Waals surface area contributed by atoms with Crippen molar-refractivity contribution in [3.63, 3.8) is 0 Å². The fraction of sp³-hybridized carbons (Fsp3) is 0.571. The number of nitrogens with zero attached hydrogens (tertiary/aromatic N) is 1. The van der Waals surface area contributed by atoms with E-state index in [9.17, 15) is 8.42 Å². The molecule has 0 spiro atoms. The molecule has 0 amide bonds. The second-order valence-corrected chi connectivity index (χ2v) is 7.22. The molecule has 1 atom stereocenters. The van der Waals surface area contributed by atoms with Crippen LogP contribution in [0.15, 0.2) is 23.1 Å². The van der Waals surface area contributed by atoms with Gasteiger partial charge in [0.05, 0.1) is 4.90 Å². The SMILES string of the molecule is Cc1ccc(S(=O)(=O)NC2CCCNC2)cc1N(C)C.Cl. The third-order valence-corrected chi connectivity index (χ3v) is 5.11. The van der Waals surface area contributed by atoms with Crippen LogP contribution in [0.3, 0.4) is 0 Å². The van der Waals surface area contributed by atoms with E-state index in [1.807, 2.05) is 32.0 Å². The van der Waals surface area contributed by atoms with Gasteiger partial charge in [0.25, 0.3) is 0 Å². The normalized spacial score (nSPS) is 18.9. The van der Waals surface area contributed by atoms with Gasteiger partial charge in [-0.05, 0) is 44.0 Å². The number of rotatable bonds is 4. The quantitative estimate of drug-likeness (QED) is 0.877. The highest BCUT2D eigenvalue weighted by molar-refractivity contribution is 7.89. The second kappa shape index (κ2) is 7.45. The lowest BCUT2D eigenvalue weighted by molar-refractivity contribution is 0.428. The van der Waals surface area contributed by atoms with Gasteiger partial charge in [-0.1, -0.05) is 6.07 Å². The van der Waals surface area contributed by atoms with Gasteiger partial charge in [0.1, 0.15) is 0 Å². The first-order chi connectivity index (χ1) is 9.40. The van der Waals surface area contributed by atoms with Crippen LogP contribution in [0.1, 0.15) is 18.4 Å². The zero-order valence-corrected chi connectivity index (χ0v) is 14.4. The van der Waals surface area contributed by atoms with Gasteiger partial charge >= 0.3 is 0 Å². The number of hydrogen-bond acceptors (Lipinski definition) is 4. The molecule has 1 fully saturated rings. The van der Waals surface area contributed by atoms with Crippen LogP contribution in [0.25, 0.3) is 0 Å². The summed E-state index contributed by atoms with van der Waals surface area (Å²) in [7, 11) is 0.378. The highest BCUT2D eigenvalue weighted by atomic mass is 35.5. The predicted molar refractivity (Wildman–Crippen MR) is 89.0 cm³/mol. The maximum Gasteiger partial charge on any atom is 0.240 e. The zero-order valence-electron chi connectivity index (χ0n) is 12.7. The number of anilines is 1. The number of benzene rings is 1. The number of aryl methyl sites for hydroxylation is 1. The Hall–Kier alpha value is -0.820. The van der Waals surface area contributed by atoms with E-state index < -0.39 is 10.0 Å². The van der Waals surface area contributed by atoms with Crippen molar-refractivity contribution in [1.29, 1.82) is 0 Å². The minimum absolute atomic E-state index is 0. The molecule has 7 heteroatoms. The predicted octanol–water partition coefficient (Wildman–Crippen LogP) is 1.51. The van der Waals surface area contributed by atoms with E-state index in [1.54, 1.807) is 12.1 Å². The molecule has 5 nitrogen and oxygen atoms in total. The Morgan fingerprint density at radius 3 is 2.62 bits per heavy atom. The van der Waals surface area contributed by atoms with Crippen molar-refractivity contribution in [3.05, 3.63) is 23.8 Å². The van der Waals surface area contributed by atoms with Crippen LogP contribution in [0.4, 0.5) is 5.69 Å². The zero-order chi connectivity index (χ0) is 14.8. The molecule has 1 aromatic carbocycles. The molecule has 1 heterocycles. The molecule has 2 N–H and O–H groups in total. The van der Waals surface area contributed by atoms with Gasteiger partial charge in [-0.15, -0.1) is 12.4 Å². The summed E-state index contributed by atoms with van der Waals surface area (Å²) in [4.78, 5) is 2.26. The summed E-state index contributed by atoms with van der Waals surface area (Å²) >= 11 is 0. The van der Waals surface area contributed by atoms with Crippen LogP contribution in [0.2, 0.25) is 0 Å². The third-order valence-electron chi connectivity index (χ3n) is 3.59. The maximum absolute atomic E-state index is 12.4. The molecule has 1 unspecified atom stereocenters. The smallest absolute Gasteiger partial charge is 0.240 e. The molecule has 0 saturated carbocycles. The van der Waals surface area contributed by atoms with E-state index in [2.05, 4.69) is 10.0 Å². The van der Waals surface area contributed by atoms with Gasteiger partial charge in [-0.3, -0.25) is 0 Å². The highest BCUT2D eigenvalue weighted by Gasteiger charge is 2.22. The average molecular weight is 334 g/mol. The first-order valence-corrected chi connectivity index (χ1v) is 8.39. The van der Waals surface area contributed by atoms with Gasteiger partial charge in [0.15, 0.2) is 0 Å². The number of sulfonamides is 1. The molecule has 1 aromatic rings. The van der Waals surface area contributed by atoms with Crippen molar-refractivity contribution < 1.29 is 8.42 Å². The Balaban J connectivity index is 0.00000220. The van der Waals surface area contributed by atoms with Gasteiger partial charge < -0.3 is 10.2 Å². The minimum Gasteiger partial charge on any atom is -0.377 e. The third kappa shape index (κ3) is 4.57. The van der Waals surface area contributed by atoms with E-state index >= 15 is 0 Å². The molecule has 0 bridgehead atoms. The van der Waals surface area contributed by atoms with Crippen LogP contribution in [0, 0.1) is 6.92 Å². The van der Waals surface area contributed by atoms with E-state index in [0.29, 0.717) is 11.4 Å². The first-order valence-electron chi connectivity index (χ1n) is 6.91. The van der Waals surface area contributed by atoms with Crippen LogP contribution in [0.5, 0.6) is 0 Å². The number of hydrogen-bond donors (Lipinski definition) is 2. The molecule has 0 aromatic heterocycles. The van der Waals surface area contributed by atoms with E-state index in [1.165, 1.54) is 0 Å². The standard InChI is InChI=1S/C14H23N3O2S.ClH/c1-11-6-7-13(9-14(11)17(2)3)20(18,19)16-12-5-4-8-15-10-12;/h6-7,9,12,15-16H,4-5,8,10H2,1-3H3;1H. The Bertz CT molecular complexity index is 570. The van der Waals surface area contributed by atoms with Gasteiger partial charge in [-0.2, -0.15) is 0 Å². The topological polar surface area (TPSA) is 61.4 Å². The van der Waals surface area contributed by atoms with E-state index in [0.717, 1.165) is 30.6 Å². The van der Waals surface area contributed by atoms with Gasteiger partial charge in [-0.25, -0.2) is 13.1 Å². The Morgan fingerprint density at radius 2 is 2.05 bits per heavy atom. The first kappa shape index (κ1) is 18.2. The lowest BCUT2D eigenvalue weighted by Gasteiger charge is -2.24. The van der Waals surface area contributed by atoms with Crippen molar-refractivity contribution >= 4 is 28.1 Å². The molecule has 0 aliphatic carbocycles. The van der Waals surface area contributed by atoms with Crippen LogP contribution < -0.4 is 14.9 Å². The van der Waals surface area contributed by atoms with Crippen molar-refractivity contribution in [1.82, 2.24) is 10.0 Å². The van der Waals surface area contributed by atoms with Crippen molar-refractivity contribution in [2.24, 2.45) is 0 Å². The lowest BCUT2D eigenvalue weighted by atomic mass is 10.1. The number of nitrogens with one attached hydrogen (secondary N) is 2. The number of halogens is 1. The fourth-order valence-electron chi connectivity index (χ4n) is 2.48. The average Bonchev–Trinajstić information content (AvgIpc) is 2.39. The molecule has 1 saturated heterocycles.